The molecular formula is C14H15ClFN5. The van der Waals surface area contributed by atoms with Gasteiger partial charge in [0.05, 0.1) is 10.9 Å². The van der Waals surface area contributed by atoms with Crippen LogP contribution in [0, 0.1) is 11.2 Å². The summed E-state index contributed by atoms with van der Waals surface area (Å²) in [5.41, 5.74) is 6.30. The summed E-state index contributed by atoms with van der Waals surface area (Å²) in [5, 5.41) is 7.56. The summed E-state index contributed by atoms with van der Waals surface area (Å²) < 4.78 is 14.0. The van der Waals surface area contributed by atoms with Gasteiger partial charge in [-0.1, -0.05) is 17.7 Å². The average molecular weight is 308 g/mol. The highest BCUT2D eigenvalue weighted by atomic mass is 35.5. The minimum atomic E-state index is -0.505. The van der Waals surface area contributed by atoms with E-state index in [0.717, 1.165) is 5.56 Å². The average Bonchev–Trinajstić information content (AvgIpc) is 2.45. The van der Waals surface area contributed by atoms with Crippen molar-refractivity contribution >= 4 is 23.3 Å². The molecule has 0 aliphatic heterocycles. The number of nitrogens with one attached hydrogen (secondary N) is 1. The number of halogens is 2. The maximum atomic E-state index is 14.0. The number of hydrogen-bond donors (Lipinski definition) is 2. The topological polar surface area (TPSA) is 78.9 Å². The van der Waals surface area contributed by atoms with Crippen LogP contribution < -0.4 is 10.6 Å². The van der Waals surface area contributed by atoms with Crippen LogP contribution in [0.25, 0.3) is 0 Å². The van der Waals surface area contributed by atoms with Crippen molar-refractivity contribution in [3.05, 3.63) is 53.2 Å². The van der Waals surface area contributed by atoms with Gasteiger partial charge in [0, 0.05) is 38.1 Å². The molecule has 0 atom stereocenters. The van der Waals surface area contributed by atoms with E-state index >= 15 is 0 Å². The number of rotatable bonds is 6. The molecule has 0 radical (unpaired) electrons. The monoisotopic (exact) mass is 307 g/mol. The zero-order chi connectivity index (χ0) is 15.2. The second-order valence-corrected chi connectivity index (χ2v) is 4.95. The zero-order valence-electron chi connectivity index (χ0n) is 11.3. The first-order valence-electron chi connectivity index (χ1n) is 6.34. The van der Waals surface area contributed by atoms with Crippen LogP contribution in [0.1, 0.15) is 12.0 Å². The Balaban J connectivity index is 2.24. The molecule has 0 aliphatic carbocycles. The molecule has 0 aliphatic rings. The number of nitrogens with two attached hydrogens (primary N) is 1. The lowest BCUT2D eigenvalue weighted by molar-refractivity contribution is 0.608. The molecule has 5 nitrogen and oxygen atoms in total. The quantitative estimate of drug-likeness (QED) is 0.635. The van der Waals surface area contributed by atoms with Crippen LogP contribution in [0.5, 0.6) is 0 Å². The van der Waals surface area contributed by atoms with Gasteiger partial charge in [-0.05, 0) is 17.7 Å². The van der Waals surface area contributed by atoms with Crippen molar-refractivity contribution in [2.75, 3.05) is 11.4 Å². The number of aromatic nitrogens is 2. The van der Waals surface area contributed by atoms with Gasteiger partial charge in [-0.15, -0.1) is 0 Å². The SMILES string of the molecule is N=C(N)CCN(Cc1cccnc1)c1ncc(Cl)cc1F. The largest absolute Gasteiger partial charge is 0.388 e. The van der Waals surface area contributed by atoms with Crippen molar-refractivity contribution in [1.29, 1.82) is 5.41 Å². The van der Waals surface area contributed by atoms with Crippen molar-refractivity contribution in [3.8, 4) is 0 Å². The molecule has 0 unspecified atom stereocenters. The molecule has 0 amide bonds. The molecule has 0 saturated heterocycles. The van der Waals surface area contributed by atoms with Gasteiger partial charge in [0.2, 0.25) is 0 Å². The number of amidine groups is 1. The van der Waals surface area contributed by atoms with E-state index in [0.29, 0.717) is 19.5 Å². The first-order chi connectivity index (χ1) is 10.1. The van der Waals surface area contributed by atoms with E-state index in [1.807, 2.05) is 12.1 Å². The van der Waals surface area contributed by atoms with Crippen LogP contribution >= 0.6 is 11.6 Å². The fraction of sp³-hybridized carbons (Fsp3) is 0.214. The minimum absolute atomic E-state index is 0.0422. The molecule has 2 aromatic heterocycles. The van der Waals surface area contributed by atoms with Crippen molar-refractivity contribution in [2.45, 2.75) is 13.0 Å². The lowest BCUT2D eigenvalue weighted by Gasteiger charge is -2.24. The van der Waals surface area contributed by atoms with Gasteiger partial charge in [0.15, 0.2) is 11.6 Å². The highest BCUT2D eigenvalue weighted by molar-refractivity contribution is 6.30. The minimum Gasteiger partial charge on any atom is -0.388 e. The molecule has 0 spiro atoms. The summed E-state index contributed by atoms with van der Waals surface area (Å²) in [4.78, 5) is 9.79. The molecule has 2 aromatic rings. The Morgan fingerprint density at radius 2 is 2.24 bits per heavy atom. The van der Waals surface area contributed by atoms with Crippen molar-refractivity contribution < 1.29 is 4.39 Å². The van der Waals surface area contributed by atoms with Crippen LogP contribution in [-0.2, 0) is 6.54 Å². The molecule has 110 valence electrons. The van der Waals surface area contributed by atoms with Crippen molar-refractivity contribution in [3.63, 3.8) is 0 Å². The summed E-state index contributed by atoms with van der Waals surface area (Å²) >= 11 is 5.72. The predicted octanol–water partition coefficient (Wildman–Crippen LogP) is 2.60. The maximum absolute atomic E-state index is 14.0. The number of hydrogen-bond acceptors (Lipinski definition) is 4. The van der Waals surface area contributed by atoms with Gasteiger partial charge < -0.3 is 10.6 Å². The van der Waals surface area contributed by atoms with Gasteiger partial charge in [-0.25, -0.2) is 9.37 Å². The molecule has 0 aromatic carbocycles. The fourth-order valence-corrected chi connectivity index (χ4v) is 2.01. The van der Waals surface area contributed by atoms with Crippen LogP contribution in [0.4, 0.5) is 10.2 Å². The summed E-state index contributed by atoms with van der Waals surface area (Å²) in [6, 6.07) is 4.92. The Morgan fingerprint density at radius 1 is 1.43 bits per heavy atom. The Labute approximate surface area is 127 Å². The van der Waals surface area contributed by atoms with Gasteiger partial charge in [0.1, 0.15) is 0 Å². The fourth-order valence-electron chi connectivity index (χ4n) is 1.87. The number of pyridine rings is 2. The predicted molar refractivity (Wildman–Crippen MR) is 81.0 cm³/mol. The number of nitrogens with zero attached hydrogens (tertiary/aromatic N) is 3. The second kappa shape index (κ2) is 6.99. The molecule has 0 bridgehead atoms. The highest BCUT2D eigenvalue weighted by Crippen LogP contribution is 2.21. The number of anilines is 1. The highest BCUT2D eigenvalue weighted by Gasteiger charge is 2.14. The molecule has 7 heteroatoms. The first-order valence-corrected chi connectivity index (χ1v) is 6.72. The van der Waals surface area contributed by atoms with E-state index < -0.39 is 5.82 Å². The van der Waals surface area contributed by atoms with Gasteiger partial charge in [-0.2, -0.15) is 0 Å². The first kappa shape index (κ1) is 15.2. The van der Waals surface area contributed by atoms with E-state index in [1.54, 1.807) is 17.3 Å². The third kappa shape index (κ3) is 4.39. The summed E-state index contributed by atoms with van der Waals surface area (Å²) in [7, 11) is 0. The van der Waals surface area contributed by atoms with E-state index in [9.17, 15) is 4.39 Å². The van der Waals surface area contributed by atoms with E-state index in [2.05, 4.69) is 9.97 Å². The summed E-state index contributed by atoms with van der Waals surface area (Å²) in [6.07, 6.45) is 5.09. The summed E-state index contributed by atoms with van der Waals surface area (Å²) in [5.74, 6) is -0.278. The normalized spacial score (nSPS) is 10.4. The zero-order valence-corrected chi connectivity index (χ0v) is 12.0. The Bertz CT molecular complexity index is 620. The second-order valence-electron chi connectivity index (χ2n) is 4.52. The lowest BCUT2D eigenvalue weighted by atomic mass is 10.2. The van der Waals surface area contributed by atoms with E-state index in [1.165, 1.54) is 12.3 Å². The maximum Gasteiger partial charge on any atom is 0.167 e. The van der Waals surface area contributed by atoms with Crippen molar-refractivity contribution in [1.82, 2.24) is 9.97 Å². The standard InChI is InChI=1S/C14H15ClFN5/c15-11-6-12(16)14(20-8-11)21(5-3-13(17)18)9-10-2-1-4-19-7-10/h1-2,4,6-8H,3,5,9H2,(H3,17,18). The van der Waals surface area contributed by atoms with E-state index in [-0.39, 0.29) is 16.7 Å². The molecule has 3 N–H and O–H groups in total. The molecule has 21 heavy (non-hydrogen) atoms. The molecule has 2 rings (SSSR count). The van der Waals surface area contributed by atoms with Crippen LogP contribution in [0.3, 0.4) is 0 Å². The van der Waals surface area contributed by atoms with Crippen molar-refractivity contribution in [2.24, 2.45) is 5.73 Å². The Hall–Kier alpha value is -2.21. The van der Waals surface area contributed by atoms with Gasteiger partial charge in [-0.3, -0.25) is 10.4 Å². The Kier molecular flexibility index (Phi) is 5.05. The smallest absolute Gasteiger partial charge is 0.167 e. The molecule has 2 heterocycles. The van der Waals surface area contributed by atoms with Gasteiger partial charge in [0.25, 0.3) is 0 Å². The third-order valence-corrected chi connectivity index (χ3v) is 3.04. The van der Waals surface area contributed by atoms with Crippen LogP contribution in [0.2, 0.25) is 5.02 Å². The lowest BCUT2D eigenvalue weighted by Crippen LogP contribution is -2.29. The van der Waals surface area contributed by atoms with Crippen LogP contribution in [0.15, 0.2) is 36.8 Å². The molecular weight excluding hydrogens is 293 g/mol. The summed E-state index contributed by atoms with van der Waals surface area (Å²) in [6.45, 7) is 0.808. The third-order valence-electron chi connectivity index (χ3n) is 2.84. The van der Waals surface area contributed by atoms with Gasteiger partial charge >= 0.3 is 0 Å². The van der Waals surface area contributed by atoms with Crippen LogP contribution in [-0.4, -0.2) is 22.3 Å². The molecule has 0 fully saturated rings. The Morgan fingerprint density at radius 3 is 2.86 bits per heavy atom. The molecule has 0 saturated carbocycles. The van der Waals surface area contributed by atoms with E-state index in [4.69, 9.17) is 22.7 Å².